The van der Waals surface area contributed by atoms with Crippen LogP contribution < -0.4 is 18.9 Å². The van der Waals surface area contributed by atoms with Crippen LogP contribution in [0.1, 0.15) is 60.2 Å². The van der Waals surface area contributed by atoms with E-state index in [0.717, 1.165) is 38.8 Å². The van der Waals surface area contributed by atoms with E-state index < -0.39 is 0 Å². The normalized spacial score (nSPS) is 16.2. The fourth-order valence-electron chi connectivity index (χ4n) is 5.29. The van der Waals surface area contributed by atoms with Crippen molar-refractivity contribution in [2.24, 2.45) is 0 Å². The van der Waals surface area contributed by atoms with Gasteiger partial charge < -0.3 is 27.9 Å². The molecule has 2 heterocycles. The zero-order chi connectivity index (χ0) is 28.9. The van der Waals surface area contributed by atoms with Crippen LogP contribution in [0.2, 0.25) is 0 Å². The number of nitrogens with zero attached hydrogens (tertiary/aromatic N) is 2. The van der Waals surface area contributed by atoms with Crippen LogP contribution in [0.25, 0.3) is 0 Å². The first-order valence-electron chi connectivity index (χ1n) is 14.5. The Morgan fingerprint density at radius 2 is 0.950 bits per heavy atom. The highest BCUT2D eigenvalue weighted by Gasteiger charge is 2.33. The lowest BCUT2D eigenvalue weighted by atomic mass is 10.0. The van der Waals surface area contributed by atoms with Gasteiger partial charge >= 0.3 is 0 Å². The number of rotatable bonds is 13. The van der Waals surface area contributed by atoms with Crippen molar-refractivity contribution in [2.75, 3.05) is 67.7 Å². The molecule has 0 radical (unpaired) electrons. The lowest BCUT2D eigenvalue weighted by molar-refractivity contribution is -0.904. The quantitative estimate of drug-likeness (QED) is 0.202. The molecular formula is C32H46N2O6+2. The van der Waals surface area contributed by atoms with Gasteiger partial charge in [0.05, 0.1) is 41.3 Å². The predicted molar refractivity (Wildman–Crippen MR) is 155 cm³/mol. The predicted octanol–water partition coefficient (Wildman–Crippen LogP) is 4.78. The Balaban J connectivity index is 1.21. The minimum Gasteiger partial charge on any atom is -0.486 e. The molecule has 2 aromatic carbocycles. The Kier molecular flexibility index (Phi) is 9.41. The van der Waals surface area contributed by atoms with Crippen LogP contribution in [0.4, 0.5) is 0 Å². The van der Waals surface area contributed by atoms with Gasteiger partial charge in [-0.2, -0.15) is 0 Å². The van der Waals surface area contributed by atoms with Crippen LogP contribution in [-0.2, 0) is 0 Å². The molecule has 4 rings (SSSR count). The molecule has 0 saturated carbocycles. The summed E-state index contributed by atoms with van der Waals surface area (Å²) in [6.07, 6.45) is 4.28. The minimum absolute atomic E-state index is 0.123. The maximum Gasteiger partial charge on any atom is 0.219 e. The molecule has 0 fully saturated rings. The summed E-state index contributed by atoms with van der Waals surface area (Å²) < 4.78 is 23.8. The van der Waals surface area contributed by atoms with E-state index in [9.17, 15) is 9.59 Å². The number of likely N-dealkylation sites (N-methyl/N-ethyl adjacent to an activating group) is 2. The maximum atomic E-state index is 13.3. The number of hydrogen-bond acceptors (Lipinski definition) is 6. The van der Waals surface area contributed by atoms with Gasteiger partial charge in [0.1, 0.15) is 38.5 Å². The molecule has 0 aromatic heterocycles. The monoisotopic (exact) mass is 554 g/mol. The summed E-state index contributed by atoms with van der Waals surface area (Å²) in [5.41, 5.74) is 1.34. The molecule has 40 heavy (non-hydrogen) atoms. The van der Waals surface area contributed by atoms with E-state index in [4.69, 9.17) is 18.9 Å². The van der Waals surface area contributed by atoms with Gasteiger partial charge in [-0.3, -0.25) is 9.59 Å². The Hall–Kier alpha value is -3.10. The van der Waals surface area contributed by atoms with E-state index in [1.165, 1.54) is 0 Å². The van der Waals surface area contributed by atoms with Crippen molar-refractivity contribution in [3.8, 4) is 23.0 Å². The van der Waals surface area contributed by atoms with Gasteiger partial charge in [-0.25, -0.2) is 0 Å². The second kappa shape index (κ2) is 12.6. The molecule has 0 spiro atoms. The molecule has 0 N–H and O–H groups in total. The summed E-state index contributed by atoms with van der Waals surface area (Å²) in [6, 6.07) is 10.6. The summed E-state index contributed by atoms with van der Waals surface area (Å²) in [5.74, 6) is 2.95. The fourth-order valence-corrected chi connectivity index (χ4v) is 5.29. The zero-order valence-electron chi connectivity index (χ0n) is 25.0. The number of Topliss-reactive ketones (excluding diaryl/α,β-unsaturated/α-hetero) is 2. The molecule has 0 amide bonds. The molecule has 0 aliphatic carbocycles. The minimum atomic E-state index is -0.162. The average molecular weight is 555 g/mol. The maximum absolute atomic E-state index is 13.3. The number of ketones is 2. The van der Waals surface area contributed by atoms with E-state index in [1.54, 1.807) is 0 Å². The molecule has 2 unspecified atom stereocenters. The highest BCUT2D eigenvalue weighted by Crippen LogP contribution is 2.33. The van der Waals surface area contributed by atoms with Crippen LogP contribution in [0.3, 0.4) is 0 Å². The first-order chi connectivity index (χ1) is 19.0. The third kappa shape index (κ3) is 6.96. The molecule has 0 saturated heterocycles. The average Bonchev–Trinajstić information content (AvgIpc) is 2.96. The smallest absolute Gasteiger partial charge is 0.219 e. The number of ether oxygens (including phenoxy) is 4. The molecular weight excluding hydrogens is 508 g/mol. The fraction of sp³-hybridized carbons (Fsp3) is 0.562. The van der Waals surface area contributed by atoms with E-state index in [2.05, 4.69) is 28.2 Å². The number of unbranched alkanes of at least 4 members (excludes halogenated alkanes) is 3. The van der Waals surface area contributed by atoms with Crippen molar-refractivity contribution < 1.29 is 37.5 Å². The van der Waals surface area contributed by atoms with Crippen molar-refractivity contribution in [2.45, 2.75) is 51.6 Å². The summed E-state index contributed by atoms with van der Waals surface area (Å²) >= 11 is 0. The summed E-state index contributed by atoms with van der Waals surface area (Å²) in [5, 5.41) is 0. The number of carbonyl (C=O) groups is 2. The standard InChI is InChI=1S/C32H46N2O6/c1-23(31(35)25-11-13-27-29(21-25)39-19-17-37-27)33(3,4)15-9-7-8-10-16-34(5,6)24(2)32(36)26-12-14-28-30(22-26)40-20-18-38-28/h11-14,21-24H,7-10,15-20H2,1-6H3/q+2. The largest absolute Gasteiger partial charge is 0.486 e. The van der Waals surface area contributed by atoms with E-state index >= 15 is 0 Å². The van der Waals surface area contributed by atoms with Crippen molar-refractivity contribution in [1.29, 1.82) is 0 Å². The third-order valence-electron chi connectivity index (χ3n) is 8.73. The van der Waals surface area contributed by atoms with Crippen molar-refractivity contribution in [3.05, 3.63) is 47.5 Å². The molecule has 8 heteroatoms. The van der Waals surface area contributed by atoms with Crippen LogP contribution >= 0.6 is 0 Å². The van der Waals surface area contributed by atoms with Gasteiger partial charge in [0.15, 0.2) is 23.0 Å². The summed E-state index contributed by atoms with van der Waals surface area (Å²) in [6.45, 7) is 7.96. The molecule has 2 aliphatic rings. The molecule has 2 aromatic rings. The topological polar surface area (TPSA) is 71.1 Å². The molecule has 218 valence electrons. The lowest BCUT2D eigenvalue weighted by Crippen LogP contribution is -2.52. The summed E-state index contributed by atoms with van der Waals surface area (Å²) in [7, 11) is 8.52. The van der Waals surface area contributed by atoms with E-state index in [0.29, 0.717) is 69.5 Å². The number of carbonyl (C=O) groups excluding carboxylic acids is 2. The van der Waals surface area contributed by atoms with Crippen molar-refractivity contribution in [1.82, 2.24) is 0 Å². The van der Waals surface area contributed by atoms with Crippen LogP contribution in [0, 0.1) is 0 Å². The Morgan fingerprint density at radius 3 is 1.32 bits per heavy atom. The highest BCUT2D eigenvalue weighted by molar-refractivity contribution is 6.00. The van der Waals surface area contributed by atoms with Crippen molar-refractivity contribution >= 4 is 11.6 Å². The van der Waals surface area contributed by atoms with Crippen LogP contribution in [-0.4, -0.2) is 100 Å². The SMILES string of the molecule is CC(C(=O)c1ccc2c(c1)OCCO2)[N+](C)(C)CCCCCC[N+](C)(C)C(C)C(=O)c1ccc2c(c1)OCCO2. The Labute approximate surface area is 238 Å². The first kappa shape index (κ1) is 29.9. The van der Waals surface area contributed by atoms with E-state index in [1.807, 2.05) is 50.2 Å². The molecule has 8 nitrogen and oxygen atoms in total. The number of fused-ring (bicyclic) bond motifs is 2. The number of benzene rings is 2. The number of hydrogen-bond donors (Lipinski definition) is 0. The molecule has 2 aliphatic heterocycles. The second-order valence-corrected chi connectivity index (χ2v) is 12.2. The highest BCUT2D eigenvalue weighted by atomic mass is 16.6. The van der Waals surface area contributed by atoms with Gasteiger partial charge in [-0.1, -0.05) is 0 Å². The second-order valence-electron chi connectivity index (χ2n) is 12.2. The Bertz CT molecular complexity index is 1110. The lowest BCUT2D eigenvalue weighted by Gasteiger charge is -2.36. The van der Waals surface area contributed by atoms with Crippen molar-refractivity contribution in [3.63, 3.8) is 0 Å². The van der Waals surface area contributed by atoms with Gasteiger partial charge in [0, 0.05) is 11.1 Å². The number of quaternary nitrogens is 2. The van der Waals surface area contributed by atoms with Gasteiger partial charge in [-0.05, 0) is 75.9 Å². The third-order valence-corrected chi connectivity index (χ3v) is 8.73. The molecule has 2 atom stereocenters. The van der Waals surface area contributed by atoms with Crippen LogP contribution in [0.15, 0.2) is 36.4 Å². The van der Waals surface area contributed by atoms with Crippen LogP contribution in [0.5, 0.6) is 23.0 Å². The molecule has 0 bridgehead atoms. The van der Waals surface area contributed by atoms with E-state index in [-0.39, 0.29) is 23.7 Å². The van der Waals surface area contributed by atoms with Gasteiger partial charge in [0.25, 0.3) is 0 Å². The zero-order valence-corrected chi connectivity index (χ0v) is 25.0. The Morgan fingerprint density at radius 1 is 0.600 bits per heavy atom. The van der Waals surface area contributed by atoms with Gasteiger partial charge in [0.2, 0.25) is 11.6 Å². The first-order valence-corrected chi connectivity index (χ1v) is 14.5. The summed E-state index contributed by atoms with van der Waals surface area (Å²) in [4.78, 5) is 26.5. The van der Waals surface area contributed by atoms with Gasteiger partial charge in [-0.15, -0.1) is 0 Å².